The quantitative estimate of drug-likeness (QED) is 0.795. The Bertz CT molecular complexity index is 1070. The van der Waals surface area contributed by atoms with Gasteiger partial charge in [0.1, 0.15) is 5.82 Å². The van der Waals surface area contributed by atoms with Gasteiger partial charge in [0.25, 0.3) is 5.56 Å². The van der Waals surface area contributed by atoms with Gasteiger partial charge in [-0.2, -0.15) is 0 Å². The van der Waals surface area contributed by atoms with Gasteiger partial charge in [-0.15, -0.1) is 11.3 Å². The van der Waals surface area contributed by atoms with Crippen LogP contribution in [0.2, 0.25) is 0 Å². The molecule has 5 heterocycles. The van der Waals surface area contributed by atoms with E-state index in [2.05, 4.69) is 29.3 Å². The molecule has 166 valence electrons. The van der Waals surface area contributed by atoms with Crippen molar-refractivity contribution in [3.05, 3.63) is 49.3 Å². The number of thiophene rings is 1. The van der Waals surface area contributed by atoms with E-state index in [4.69, 9.17) is 4.98 Å². The third-order valence-electron chi connectivity index (χ3n) is 6.91. The number of fused-ring (bicyclic) bond motifs is 3. The highest BCUT2D eigenvalue weighted by atomic mass is 32.1. The summed E-state index contributed by atoms with van der Waals surface area (Å²) in [5.41, 5.74) is 1.80. The second-order valence-electron chi connectivity index (χ2n) is 9.60. The summed E-state index contributed by atoms with van der Waals surface area (Å²) in [4.78, 5) is 37.9. The summed E-state index contributed by atoms with van der Waals surface area (Å²) >= 11 is 1.83. The van der Waals surface area contributed by atoms with Crippen molar-refractivity contribution < 1.29 is 4.79 Å². The number of carbonyl (C=O) groups excluding carboxylic acids is 1. The first-order valence-corrected chi connectivity index (χ1v) is 12.1. The average molecular weight is 442 g/mol. The second-order valence-corrected chi connectivity index (χ2v) is 11.0. The Morgan fingerprint density at radius 3 is 2.81 bits per heavy atom. The molecule has 8 heteroatoms. The van der Waals surface area contributed by atoms with Gasteiger partial charge in [0.2, 0.25) is 0 Å². The number of aryl methyl sites for hydroxylation is 1. The standard InChI is InChI=1S/C23H31N5O2S/c1-15(2)24-22(30)27-10-7-23(14-27)8-11-28-20(29)18-13-26(9-6-19(18)25-21(23)28)12-17-5-4-16(3)31-17/h4-5,15H,6-14H2,1-3H3,(H,24,30). The van der Waals surface area contributed by atoms with E-state index in [9.17, 15) is 9.59 Å². The van der Waals surface area contributed by atoms with Gasteiger partial charge in [0, 0.05) is 66.9 Å². The van der Waals surface area contributed by atoms with E-state index in [1.54, 1.807) is 0 Å². The minimum absolute atomic E-state index is 0.00918. The molecule has 7 nitrogen and oxygen atoms in total. The monoisotopic (exact) mass is 441 g/mol. The molecule has 0 bridgehead atoms. The maximum Gasteiger partial charge on any atom is 0.317 e. The van der Waals surface area contributed by atoms with Crippen molar-refractivity contribution in [1.29, 1.82) is 0 Å². The highest BCUT2D eigenvalue weighted by Crippen LogP contribution is 2.41. The first kappa shape index (κ1) is 20.7. The van der Waals surface area contributed by atoms with E-state index in [0.717, 1.165) is 56.0 Å². The molecule has 1 unspecified atom stereocenters. The van der Waals surface area contributed by atoms with E-state index < -0.39 is 0 Å². The van der Waals surface area contributed by atoms with Crippen molar-refractivity contribution in [3.8, 4) is 0 Å². The number of nitrogens with one attached hydrogen (secondary N) is 1. The van der Waals surface area contributed by atoms with Crippen molar-refractivity contribution in [2.45, 2.75) is 71.1 Å². The van der Waals surface area contributed by atoms with Crippen molar-refractivity contribution >= 4 is 17.4 Å². The molecule has 0 aliphatic carbocycles. The number of nitrogens with zero attached hydrogens (tertiary/aromatic N) is 4. The first-order chi connectivity index (χ1) is 14.8. The Labute approximate surface area is 187 Å². The zero-order chi connectivity index (χ0) is 21.8. The molecule has 0 radical (unpaired) electrons. The van der Waals surface area contributed by atoms with Crippen LogP contribution in [0.15, 0.2) is 16.9 Å². The van der Waals surface area contributed by atoms with Gasteiger partial charge < -0.3 is 10.2 Å². The van der Waals surface area contributed by atoms with E-state index in [-0.39, 0.29) is 23.0 Å². The summed E-state index contributed by atoms with van der Waals surface area (Å²) in [5.74, 6) is 0.915. The molecule has 2 amide bonds. The van der Waals surface area contributed by atoms with Gasteiger partial charge in [-0.1, -0.05) is 0 Å². The number of amides is 2. The third kappa shape index (κ3) is 3.69. The average Bonchev–Trinajstić information content (AvgIpc) is 3.43. The van der Waals surface area contributed by atoms with Crippen LogP contribution >= 0.6 is 11.3 Å². The maximum atomic E-state index is 13.4. The largest absolute Gasteiger partial charge is 0.336 e. The summed E-state index contributed by atoms with van der Waals surface area (Å²) < 4.78 is 1.90. The molecule has 3 aliphatic rings. The van der Waals surface area contributed by atoms with Gasteiger partial charge >= 0.3 is 6.03 Å². The van der Waals surface area contributed by atoms with Crippen LogP contribution in [-0.2, 0) is 31.5 Å². The van der Waals surface area contributed by atoms with Crippen molar-refractivity contribution in [1.82, 2.24) is 24.7 Å². The van der Waals surface area contributed by atoms with Crippen LogP contribution < -0.4 is 10.9 Å². The Balaban J connectivity index is 1.38. The molecular formula is C23H31N5O2S. The highest BCUT2D eigenvalue weighted by molar-refractivity contribution is 7.11. The lowest BCUT2D eigenvalue weighted by molar-refractivity contribution is 0.202. The van der Waals surface area contributed by atoms with Gasteiger partial charge in [0.05, 0.1) is 11.3 Å². The Kier molecular flexibility index (Phi) is 5.17. The molecule has 1 spiro atoms. The number of rotatable bonds is 3. The number of carbonyl (C=O) groups is 1. The molecule has 31 heavy (non-hydrogen) atoms. The summed E-state index contributed by atoms with van der Waals surface area (Å²) in [6, 6.07) is 4.46. The zero-order valence-electron chi connectivity index (χ0n) is 18.6. The fourth-order valence-corrected chi connectivity index (χ4v) is 6.25. The third-order valence-corrected chi connectivity index (χ3v) is 7.90. The topological polar surface area (TPSA) is 70.5 Å². The van der Waals surface area contributed by atoms with E-state index in [1.165, 1.54) is 9.75 Å². The lowest BCUT2D eigenvalue weighted by Crippen LogP contribution is -2.43. The SMILES string of the molecule is Cc1ccc(CN2CCc3nc4n(c(=O)c3C2)CCC42CCN(C(=O)NC(C)C)C2)s1. The summed E-state index contributed by atoms with van der Waals surface area (Å²) in [6.45, 7) is 10.7. The van der Waals surface area contributed by atoms with E-state index in [0.29, 0.717) is 19.6 Å². The normalized spacial score (nSPS) is 22.9. The van der Waals surface area contributed by atoms with Gasteiger partial charge in [-0.3, -0.25) is 14.3 Å². The molecule has 2 aromatic heterocycles. The van der Waals surface area contributed by atoms with E-state index >= 15 is 0 Å². The first-order valence-electron chi connectivity index (χ1n) is 11.3. The Morgan fingerprint density at radius 1 is 1.26 bits per heavy atom. The molecule has 0 aromatic carbocycles. The van der Waals surface area contributed by atoms with Crippen LogP contribution in [0.1, 0.15) is 53.5 Å². The predicted octanol–water partition coefficient (Wildman–Crippen LogP) is 2.64. The molecule has 1 fully saturated rings. The fraction of sp³-hybridized carbons (Fsp3) is 0.609. The van der Waals surface area contributed by atoms with Crippen molar-refractivity contribution in [2.24, 2.45) is 0 Å². The van der Waals surface area contributed by atoms with Crippen LogP contribution in [0.3, 0.4) is 0 Å². The van der Waals surface area contributed by atoms with Crippen LogP contribution in [0, 0.1) is 6.92 Å². The summed E-state index contributed by atoms with van der Waals surface area (Å²) in [5, 5.41) is 3.00. The summed E-state index contributed by atoms with van der Waals surface area (Å²) in [6.07, 6.45) is 2.59. The molecular weight excluding hydrogens is 410 g/mol. The lowest BCUT2D eigenvalue weighted by Gasteiger charge is -2.29. The van der Waals surface area contributed by atoms with Crippen LogP contribution in [0.4, 0.5) is 4.79 Å². The molecule has 1 atom stereocenters. The maximum absolute atomic E-state index is 13.4. The van der Waals surface area contributed by atoms with Gasteiger partial charge in [0.15, 0.2) is 0 Å². The van der Waals surface area contributed by atoms with Crippen LogP contribution in [-0.4, -0.2) is 51.1 Å². The van der Waals surface area contributed by atoms with Crippen molar-refractivity contribution in [3.63, 3.8) is 0 Å². The lowest BCUT2D eigenvalue weighted by atomic mass is 9.85. The molecule has 1 saturated heterocycles. The summed E-state index contributed by atoms with van der Waals surface area (Å²) in [7, 11) is 0. The van der Waals surface area contributed by atoms with E-state index in [1.807, 2.05) is 34.7 Å². The molecule has 1 N–H and O–H groups in total. The van der Waals surface area contributed by atoms with Crippen molar-refractivity contribution in [2.75, 3.05) is 19.6 Å². The molecule has 3 aliphatic heterocycles. The molecule has 2 aromatic rings. The van der Waals surface area contributed by atoms with Gasteiger partial charge in [-0.25, -0.2) is 9.78 Å². The van der Waals surface area contributed by atoms with Gasteiger partial charge in [-0.05, 0) is 45.7 Å². The minimum Gasteiger partial charge on any atom is -0.336 e. The Hall–Kier alpha value is -2.19. The second kappa shape index (κ2) is 7.74. The smallest absolute Gasteiger partial charge is 0.317 e. The fourth-order valence-electron chi connectivity index (χ4n) is 5.32. The number of urea groups is 1. The highest BCUT2D eigenvalue weighted by Gasteiger charge is 2.48. The molecule has 5 rings (SSSR count). The van der Waals surface area contributed by atoms with Crippen LogP contribution in [0.25, 0.3) is 0 Å². The number of likely N-dealkylation sites (tertiary alicyclic amines) is 1. The Morgan fingerprint density at radius 2 is 2.06 bits per heavy atom. The predicted molar refractivity (Wildman–Crippen MR) is 122 cm³/mol. The minimum atomic E-state index is -0.172. The number of aromatic nitrogens is 2. The number of hydrogen-bond donors (Lipinski definition) is 1. The molecule has 0 saturated carbocycles. The number of hydrogen-bond acceptors (Lipinski definition) is 5. The zero-order valence-corrected chi connectivity index (χ0v) is 19.4. The van der Waals surface area contributed by atoms with Crippen LogP contribution in [0.5, 0.6) is 0 Å².